The molecule has 118 valence electrons. The summed E-state index contributed by atoms with van der Waals surface area (Å²) in [5.41, 5.74) is 0.0608. The van der Waals surface area contributed by atoms with E-state index < -0.39 is 0 Å². The smallest absolute Gasteiger partial charge is 0.222 e. The Kier molecular flexibility index (Phi) is 5.82. The second kappa shape index (κ2) is 7.41. The van der Waals surface area contributed by atoms with E-state index in [1.165, 1.54) is 9.75 Å². The summed E-state index contributed by atoms with van der Waals surface area (Å²) in [5.74, 6) is 0.283. The largest absolute Gasteiger partial charge is 0.396 e. The van der Waals surface area contributed by atoms with Crippen LogP contribution in [0.25, 0.3) is 0 Å². The van der Waals surface area contributed by atoms with Crippen molar-refractivity contribution in [3.63, 3.8) is 0 Å². The summed E-state index contributed by atoms with van der Waals surface area (Å²) in [6.45, 7) is 6.13. The zero-order valence-corrected chi connectivity index (χ0v) is 14.0. The molecule has 1 N–H and O–H groups in total. The zero-order chi connectivity index (χ0) is 15.3. The fourth-order valence-corrected chi connectivity index (χ4v) is 3.98. The van der Waals surface area contributed by atoms with Crippen molar-refractivity contribution in [2.45, 2.75) is 52.4 Å². The normalized spacial score (nSPS) is 18.0. The monoisotopic (exact) mass is 309 g/mol. The van der Waals surface area contributed by atoms with Gasteiger partial charge in [-0.1, -0.05) is 6.92 Å². The second-order valence-electron chi connectivity index (χ2n) is 6.26. The van der Waals surface area contributed by atoms with Crippen LogP contribution in [0.15, 0.2) is 12.1 Å². The number of piperidine rings is 1. The van der Waals surface area contributed by atoms with Gasteiger partial charge in [0.25, 0.3) is 0 Å². The van der Waals surface area contributed by atoms with Gasteiger partial charge in [0.2, 0.25) is 5.91 Å². The van der Waals surface area contributed by atoms with Crippen molar-refractivity contribution < 1.29 is 9.90 Å². The van der Waals surface area contributed by atoms with Crippen LogP contribution < -0.4 is 0 Å². The fraction of sp³-hybridized carbons (Fsp3) is 0.706. The number of carbonyl (C=O) groups is 1. The molecule has 0 saturated carbocycles. The predicted octanol–water partition coefficient (Wildman–Crippen LogP) is 3.39. The maximum atomic E-state index is 12.2. The van der Waals surface area contributed by atoms with Crippen molar-refractivity contribution in [2.24, 2.45) is 5.41 Å². The molecule has 1 aromatic heterocycles. The number of aliphatic hydroxyl groups is 1. The Morgan fingerprint density at radius 1 is 1.38 bits per heavy atom. The Morgan fingerprint density at radius 3 is 2.62 bits per heavy atom. The number of nitrogens with zero attached hydrogens (tertiary/aromatic N) is 1. The molecule has 0 aliphatic carbocycles. The van der Waals surface area contributed by atoms with Crippen LogP contribution in [-0.2, 0) is 11.2 Å². The minimum Gasteiger partial charge on any atom is -0.396 e. The van der Waals surface area contributed by atoms with Crippen LogP contribution in [0.4, 0.5) is 0 Å². The van der Waals surface area contributed by atoms with E-state index in [0.717, 1.165) is 45.2 Å². The number of carbonyl (C=O) groups excluding carboxylic acids is 1. The van der Waals surface area contributed by atoms with Gasteiger partial charge in [0.1, 0.15) is 0 Å². The van der Waals surface area contributed by atoms with E-state index in [1.807, 2.05) is 16.2 Å². The Hall–Kier alpha value is -0.870. The SMILES string of the molecule is CCC1(CO)CCN(C(=O)CCCc2ccc(C)s2)CC1. The van der Waals surface area contributed by atoms with Gasteiger partial charge in [-0.3, -0.25) is 4.79 Å². The number of hydrogen-bond acceptors (Lipinski definition) is 3. The molecule has 1 saturated heterocycles. The lowest BCUT2D eigenvalue weighted by Gasteiger charge is -2.40. The first-order chi connectivity index (χ1) is 10.1. The number of hydrogen-bond donors (Lipinski definition) is 1. The molecule has 4 heteroatoms. The van der Waals surface area contributed by atoms with Crippen LogP contribution in [0.1, 0.15) is 48.8 Å². The van der Waals surface area contributed by atoms with E-state index in [1.54, 1.807) is 0 Å². The first kappa shape index (κ1) is 16.5. The first-order valence-corrected chi connectivity index (χ1v) is 8.84. The summed E-state index contributed by atoms with van der Waals surface area (Å²) < 4.78 is 0. The van der Waals surface area contributed by atoms with Gasteiger partial charge >= 0.3 is 0 Å². The second-order valence-corrected chi connectivity index (χ2v) is 7.63. The topological polar surface area (TPSA) is 40.5 Å². The molecule has 1 aliphatic rings. The van der Waals surface area contributed by atoms with Crippen LogP contribution in [0, 0.1) is 12.3 Å². The third-order valence-electron chi connectivity index (χ3n) is 4.87. The average Bonchev–Trinajstić information content (AvgIpc) is 2.92. The lowest BCUT2D eigenvalue weighted by atomic mass is 9.77. The minimum atomic E-state index is 0.0608. The third kappa shape index (κ3) is 4.30. The standard InChI is InChI=1S/C17H27NO2S/c1-3-17(13-19)9-11-18(12-10-17)16(20)6-4-5-15-8-7-14(2)21-15/h7-8,19H,3-6,9-13H2,1-2H3. The molecule has 1 aliphatic heterocycles. The highest BCUT2D eigenvalue weighted by Gasteiger charge is 2.33. The zero-order valence-electron chi connectivity index (χ0n) is 13.2. The van der Waals surface area contributed by atoms with Crippen molar-refractivity contribution in [2.75, 3.05) is 19.7 Å². The maximum Gasteiger partial charge on any atom is 0.222 e. The summed E-state index contributed by atoms with van der Waals surface area (Å²) in [7, 11) is 0. The van der Waals surface area contributed by atoms with E-state index in [4.69, 9.17) is 0 Å². The van der Waals surface area contributed by atoms with E-state index >= 15 is 0 Å². The van der Waals surface area contributed by atoms with Gasteiger partial charge < -0.3 is 10.0 Å². The van der Waals surface area contributed by atoms with Crippen molar-refractivity contribution >= 4 is 17.2 Å². The molecule has 1 aromatic rings. The van der Waals surface area contributed by atoms with Crippen LogP contribution in [0.5, 0.6) is 0 Å². The Labute approximate surface area is 132 Å². The van der Waals surface area contributed by atoms with Gasteiger partial charge in [0.05, 0.1) is 0 Å². The molecule has 0 atom stereocenters. The van der Waals surface area contributed by atoms with E-state index in [-0.39, 0.29) is 17.9 Å². The quantitative estimate of drug-likeness (QED) is 0.875. The Morgan fingerprint density at radius 2 is 2.10 bits per heavy atom. The molecule has 21 heavy (non-hydrogen) atoms. The van der Waals surface area contributed by atoms with Crippen LogP contribution in [0.2, 0.25) is 0 Å². The van der Waals surface area contributed by atoms with Crippen molar-refractivity contribution in [1.82, 2.24) is 4.90 Å². The number of thiophene rings is 1. The van der Waals surface area contributed by atoms with E-state index in [2.05, 4.69) is 26.0 Å². The molecule has 3 nitrogen and oxygen atoms in total. The van der Waals surface area contributed by atoms with Gasteiger partial charge in [0, 0.05) is 35.9 Å². The van der Waals surface area contributed by atoms with Crippen molar-refractivity contribution in [3.05, 3.63) is 21.9 Å². The van der Waals surface area contributed by atoms with Gasteiger partial charge in [-0.2, -0.15) is 0 Å². The third-order valence-corrected chi connectivity index (χ3v) is 5.93. The van der Waals surface area contributed by atoms with E-state index in [0.29, 0.717) is 6.42 Å². The molecule has 0 radical (unpaired) electrons. The lowest BCUT2D eigenvalue weighted by molar-refractivity contribution is -0.134. The van der Waals surface area contributed by atoms with Crippen LogP contribution >= 0.6 is 11.3 Å². The number of rotatable bonds is 6. The number of amides is 1. The predicted molar refractivity (Wildman–Crippen MR) is 87.6 cm³/mol. The molecule has 1 amide bonds. The van der Waals surface area contributed by atoms with Gasteiger partial charge in [-0.15, -0.1) is 11.3 Å². The van der Waals surface area contributed by atoms with Crippen molar-refractivity contribution in [3.8, 4) is 0 Å². The average molecular weight is 309 g/mol. The van der Waals surface area contributed by atoms with Gasteiger partial charge in [-0.25, -0.2) is 0 Å². The first-order valence-electron chi connectivity index (χ1n) is 8.02. The summed E-state index contributed by atoms with van der Waals surface area (Å²) in [5, 5.41) is 9.53. The summed E-state index contributed by atoms with van der Waals surface area (Å²) in [4.78, 5) is 17.0. The molecule has 0 unspecified atom stereocenters. The number of likely N-dealkylation sites (tertiary alicyclic amines) is 1. The maximum absolute atomic E-state index is 12.2. The summed E-state index contributed by atoms with van der Waals surface area (Å²) in [6.07, 6.45) is 5.48. The summed E-state index contributed by atoms with van der Waals surface area (Å²) in [6, 6.07) is 4.31. The molecule has 0 spiro atoms. The molecule has 2 heterocycles. The fourth-order valence-electron chi connectivity index (χ4n) is 3.05. The summed E-state index contributed by atoms with van der Waals surface area (Å²) >= 11 is 1.83. The van der Waals surface area contributed by atoms with Crippen LogP contribution in [0.3, 0.4) is 0 Å². The highest BCUT2D eigenvalue weighted by atomic mass is 32.1. The molecule has 2 rings (SSSR count). The Balaban J connectivity index is 1.72. The van der Waals surface area contributed by atoms with Crippen LogP contribution in [-0.4, -0.2) is 35.6 Å². The van der Waals surface area contributed by atoms with Gasteiger partial charge in [-0.05, 0) is 56.6 Å². The van der Waals surface area contributed by atoms with Gasteiger partial charge in [0.15, 0.2) is 0 Å². The molecule has 0 bridgehead atoms. The molecular formula is C17H27NO2S. The van der Waals surface area contributed by atoms with Crippen molar-refractivity contribution in [1.29, 1.82) is 0 Å². The number of aryl methyl sites for hydroxylation is 2. The molecule has 1 fully saturated rings. The minimum absolute atomic E-state index is 0.0608. The Bertz CT molecular complexity index is 455. The highest BCUT2D eigenvalue weighted by molar-refractivity contribution is 7.11. The molecule has 0 aromatic carbocycles. The number of aliphatic hydroxyl groups excluding tert-OH is 1. The molecular weight excluding hydrogens is 282 g/mol. The lowest BCUT2D eigenvalue weighted by Crippen LogP contribution is -2.44. The van der Waals surface area contributed by atoms with E-state index in [9.17, 15) is 9.90 Å². The highest BCUT2D eigenvalue weighted by Crippen LogP contribution is 2.34.